The Bertz CT molecular complexity index is 160. The third-order valence-corrected chi connectivity index (χ3v) is 3.29. The van der Waals surface area contributed by atoms with E-state index in [1.54, 1.807) is 0 Å². The fourth-order valence-corrected chi connectivity index (χ4v) is 2.07. The van der Waals surface area contributed by atoms with Gasteiger partial charge in [-0.3, -0.25) is 4.90 Å². The monoisotopic (exact) mass is 214 g/mol. The quantitative estimate of drug-likeness (QED) is 0.725. The number of nitrogens with zero attached hydrogens (tertiary/aromatic N) is 1. The maximum Gasteiger partial charge on any atom is 0.0826 e. The molecule has 0 bridgehead atoms. The van der Waals surface area contributed by atoms with E-state index in [-0.39, 0.29) is 0 Å². The van der Waals surface area contributed by atoms with Crippen molar-refractivity contribution in [1.29, 1.82) is 0 Å². The fourth-order valence-electron chi connectivity index (χ4n) is 2.07. The van der Waals surface area contributed by atoms with Crippen LogP contribution in [-0.4, -0.2) is 49.8 Å². The molecule has 1 fully saturated rings. The van der Waals surface area contributed by atoms with Crippen LogP contribution in [0.1, 0.15) is 33.6 Å². The molecule has 1 aliphatic heterocycles. The Kier molecular flexibility index (Phi) is 6.22. The Labute approximate surface area is 94.2 Å². The van der Waals surface area contributed by atoms with Gasteiger partial charge in [-0.15, -0.1) is 0 Å². The van der Waals surface area contributed by atoms with E-state index in [4.69, 9.17) is 4.74 Å². The second kappa shape index (κ2) is 7.20. The zero-order valence-electron chi connectivity index (χ0n) is 10.5. The highest BCUT2D eigenvalue weighted by Crippen LogP contribution is 2.05. The van der Waals surface area contributed by atoms with Crippen molar-refractivity contribution < 1.29 is 4.74 Å². The zero-order valence-corrected chi connectivity index (χ0v) is 10.5. The molecule has 1 saturated heterocycles. The lowest BCUT2D eigenvalue weighted by atomic mass is 10.1. The van der Waals surface area contributed by atoms with Gasteiger partial charge >= 0.3 is 0 Å². The molecule has 90 valence electrons. The smallest absolute Gasteiger partial charge is 0.0826 e. The predicted octanol–water partition coefficient (Wildman–Crippen LogP) is 1.49. The maximum absolute atomic E-state index is 5.75. The largest absolute Gasteiger partial charge is 0.374 e. The Hall–Kier alpha value is -0.120. The third kappa shape index (κ3) is 4.49. The first-order valence-electron chi connectivity index (χ1n) is 6.37. The topological polar surface area (TPSA) is 24.5 Å². The van der Waals surface area contributed by atoms with Crippen LogP contribution in [-0.2, 0) is 4.74 Å². The summed E-state index contributed by atoms with van der Waals surface area (Å²) < 4.78 is 5.75. The van der Waals surface area contributed by atoms with Gasteiger partial charge in [0.25, 0.3) is 0 Å². The van der Waals surface area contributed by atoms with Crippen LogP contribution in [0.5, 0.6) is 0 Å². The second-order valence-corrected chi connectivity index (χ2v) is 4.31. The molecule has 0 aromatic heterocycles. The molecule has 1 N–H and O–H groups in total. The molecule has 3 nitrogen and oxygen atoms in total. The summed E-state index contributed by atoms with van der Waals surface area (Å²) in [6, 6.07) is 0.658. The average molecular weight is 214 g/mol. The molecule has 15 heavy (non-hydrogen) atoms. The fraction of sp³-hybridized carbons (Fsp3) is 1.00. The minimum absolute atomic E-state index is 0.388. The maximum atomic E-state index is 5.75. The number of rotatable bonds is 6. The summed E-state index contributed by atoms with van der Waals surface area (Å²) >= 11 is 0. The van der Waals surface area contributed by atoms with Gasteiger partial charge in [-0.1, -0.05) is 20.8 Å². The number of morpholine rings is 1. The van der Waals surface area contributed by atoms with E-state index in [0.717, 1.165) is 32.8 Å². The summed E-state index contributed by atoms with van der Waals surface area (Å²) in [5.41, 5.74) is 0. The van der Waals surface area contributed by atoms with Crippen molar-refractivity contribution in [2.75, 3.05) is 32.8 Å². The lowest BCUT2D eigenvalue weighted by Gasteiger charge is -2.33. The van der Waals surface area contributed by atoms with E-state index in [0.29, 0.717) is 12.1 Å². The van der Waals surface area contributed by atoms with E-state index >= 15 is 0 Å². The molecule has 3 heteroatoms. The average Bonchev–Trinajstić information content (AvgIpc) is 2.31. The van der Waals surface area contributed by atoms with Crippen LogP contribution >= 0.6 is 0 Å². The third-order valence-electron chi connectivity index (χ3n) is 3.29. The van der Waals surface area contributed by atoms with Crippen molar-refractivity contribution >= 4 is 0 Å². The number of hydrogen-bond donors (Lipinski definition) is 1. The molecule has 0 radical (unpaired) electrons. The molecular formula is C12H26N2O. The summed E-state index contributed by atoms with van der Waals surface area (Å²) in [6.07, 6.45) is 2.81. The van der Waals surface area contributed by atoms with E-state index in [1.165, 1.54) is 12.8 Å². The number of ether oxygens (including phenoxy) is 1. The van der Waals surface area contributed by atoms with E-state index in [1.807, 2.05) is 0 Å². The molecule has 1 atom stereocenters. The summed E-state index contributed by atoms with van der Waals surface area (Å²) in [4.78, 5) is 2.46. The normalized spacial score (nSPS) is 23.6. The first-order chi connectivity index (χ1) is 7.30. The van der Waals surface area contributed by atoms with Crippen molar-refractivity contribution in [2.45, 2.75) is 45.8 Å². The molecule has 0 aromatic rings. The summed E-state index contributed by atoms with van der Waals surface area (Å²) in [5, 5.41) is 3.58. The van der Waals surface area contributed by atoms with Crippen LogP contribution in [0.4, 0.5) is 0 Å². The highest BCUT2D eigenvalue weighted by Gasteiger charge is 2.19. The first-order valence-corrected chi connectivity index (χ1v) is 6.37. The van der Waals surface area contributed by atoms with Gasteiger partial charge in [0.2, 0.25) is 0 Å². The lowest BCUT2D eigenvalue weighted by molar-refractivity contribution is -0.0264. The van der Waals surface area contributed by atoms with Crippen LogP contribution in [0.15, 0.2) is 0 Å². The molecule has 0 aromatic carbocycles. The van der Waals surface area contributed by atoms with Crippen molar-refractivity contribution in [1.82, 2.24) is 10.2 Å². The van der Waals surface area contributed by atoms with Crippen LogP contribution < -0.4 is 5.32 Å². The molecule has 1 aliphatic rings. The molecular weight excluding hydrogens is 188 g/mol. The summed E-state index contributed by atoms with van der Waals surface area (Å²) in [5.74, 6) is 0. The Morgan fingerprint density at radius 1 is 1.33 bits per heavy atom. The van der Waals surface area contributed by atoms with Crippen molar-refractivity contribution in [2.24, 2.45) is 0 Å². The SMILES string of the molecule is CCC(CC)NCC1CN(CC)CCO1. The first kappa shape index (κ1) is 12.9. The van der Waals surface area contributed by atoms with Gasteiger partial charge in [0, 0.05) is 25.7 Å². The highest BCUT2D eigenvalue weighted by atomic mass is 16.5. The Balaban J connectivity index is 2.20. The molecule has 1 heterocycles. The second-order valence-electron chi connectivity index (χ2n) is 4.31. The number of hydrogen-bond acceptors (Lipinski definition) is 3. The molecule has 1 unspecified atom stereocenters. The minimum atomic E-state index is 0.388. The zero-order chi connectivity index (χ0) is 11.1. The van der Waals surface area contributed by atoms with Crippen LogP contribution in [0.2, 0.25) is 0 Å². The molecule has 0 saturated carbocycles. The predicted molar refractivity (Wildman–Crippen MR) is 64.2 cm³/mol. The van der Waals surface area contributed by atoms with Crippen molar-refractivity contribution in [3.05, 3.63) is 0 Å². The van der Waals surface area contributed by atoms with Gasteiger partial charge in [-0.25, -0.2) is 0 Å². The standard InChI is InChI=1S/C12H26N2O/c1-4-11(5-2)13-9-12-10-14(6-3)7-8-15-12/h11-13H,4-10H2,1-3H3. The lowest BCUT2D eigenvalue weighted by Crippen LogP contribution is -2.47. The molecule has 1 rings (SSSR count). The van der Waals surface area contributed by atoms with Gasteiger partial charge < -0.3 is 10.1 Å². The minimum Gasteiger partial charge on any atom is -0.374 e. The number of likely N-dealkylation sites (N-methyl/N-ethyl adjacent to an activating group) is 1. The van der Waals surface area contributed by atoms with Crippen molar-refractivity contribution in [3.8, 4) is 0 Å². The van der Waals surface area contributed by atoms with E-state index in [9.17, 15) is 0 Å². The Morgan fingerprint density at radius 2 is 2.07 bits per heavy atom. The summed E-state index contributed by atoms with van der Waals surface area (Å²) in [6.45, 7) is 11.9. The number of nitrogens with one attached hydrogen (secondary N) is 1. The highest BCUT2D eigenvalue weighted by molar-refractivity contribution is 4.74. The van der Waals surface area contributed by atoms with Crippen LogP contribution in [0.3, 0.4) is 0 Å². The van der Waals surface area contributed by atoms with Gasteiger partial charge in [-0.2, -0.15) is 0 Å². The van der Waals surface area contributed by atoms with Gasteiger partial charge in [-0.05, 0) is 19.4 Å². The van der Waals surface area contributed by atoms with Gasteiger partial charge in [0.05, 0.1) is 12.7 Å². The Morgan fingerprint density at radius 3 is 2.67 bits per heavy atom. The molecule has 0 amide bonds. The van der Waals surface area contributed by atoms with Gasteiger partial charge in [0.15, 0.2) is 0 Å². The van der Waals surface area contributed by atoms with E-state index < -0.39 is 0 Å². The summed E-state index contributed by atoms with van der Waals surface area (Å²) in [7, 11) is 0. The van der Waals surface area contributed by atoms with Crippen molar-refractivity contribution in [3.63, 3.8) is 0 Å². The van der Waals surface area contributed by atoms with Crippen LogP contribution in [0.25, 0.3) is 0 Å². The molecule has 0 spiro atoms. The van der Waals surface area contributed by atoms with Crippen LogP contribution in [0, 0.1) is 0 Å². The van der Waals surface area contributed by atoms with Gasteiger partial charge in [0.1, 0.15) is 0 Å². The molecule has 0 aliphatic carbocycles. The van der Waals surface area contributed by atoms with E-state index in [2.05, 4.69) is 31.0 Å².